The molecule has 0 aliphatic rings. The van der Waals surface area contributed by atoms with E-state index in [1.807, 2.05) is 24.3 Å². The molecule has 86 valence electrons. The largest absolute Gasteiger partial charge is 0.390 e. The number of hydrogen-bond donors (Lipinski definition) is 0. The molecule has 1 aromatic carbocycles. The Bertz CT molecular complexity index is 501. The Kier molecular flexibility index (Phi) is 2.97. The van der Waals surface area contributed by atoms with E-state index in [4.69, 9.17) is 0 Å². The summed E-state index contributed by atoms with van der Waals surface area (Å²) >= 11 is 3.31. The second-order valence-electron chi connectivity index (χ2n) is 3.58. The monoisotopic (exact) mass is 291 g/mol. The predicted molar refractivity (Wildman–Crippen MR) is 60.3 cm³/mol. The summed E-state index contributed by atoms with van der Waals surface area (Å²) in [7, 11) is 0. The molecule has 5 heteroatoms. The summed E-state index contributed by atoms with van der Waals surface area (Å²) in [5.41, 5.74) is 0.818. The van der Waals surface area contributed by atoms with E-state index in [0.29, 0.717) is 0 Å². The molecular weight excluding hydrogens is 283 g/mol. The molecule has 0 amide bonds. The third-order valence-electron chi connectivity index (χ3n) is 2.37. The van der Waals surface area contributed by atoms with Crippen LogP contribution < -0.4 is 0 Å². The number of rotatable bonds is 2. The van der Waals surface area contributed by atoms with Gasteiger partial charge < -0.3 is 4.57 Å². The lowest BCUT2D eigenvalue weighted by Gasteiger charge is -2.08. The normalized spacial score (nSPS) is 12.2. The van der Waals surface area contributed by atoms with Gasteiger partial charge in [-0.25, -0.2) is 0 Å². The van der Waals surface area contributed by atoms with E-state index in [0.717, 1.165) is 15.4 Å². The lowest BCUT2D eigenvalue weighted by Crippen LogP contribution is -2.11. The van der Waals surface area contributed by atoms with Gasteiger partial charge in [0.15, 0.2) is 0 Å². The van der Waals surface area contributed by atoms with E-state index in [2.05, 4.69) is 15.9 Å². The summed E-state index contributed by atoms with van der Waals surface area (Å²) in [4.78, 5) is 0. The molecule has 0 saturated carbocycles. The number of aryl methyl sites for hydroxylation is 1. The van der Waals surface area contributed by atoms with Gasteiger partial charge in [-0.2, -0.15) is 13.2 Å². The molecule has 1 aromatic heterocycles. The van der Waals surface area contributed by atoms with Crippen LogP contribution in [-0.4, -0.2) is 10.7 Å². The molecule has 16 heavy (non-hydrogen) atoms. The van der Waals surface area contributed by atoms with Crippen molar-refractivity contribution in [3.8, 4) is 0 Å². The number of halogens is 4. The molecular formula is C11H9BrF3N. The molecule has 0 atom stereocenters. The first-order chi connectivity index (χ1) is 7.46. The number of aromatic nitrogens is 1. The highest BCUT2D eigenvalue weighted by Crippen LogP contribution is 2.24. The summed E-state index contributed by atoms with van der Waals surface area (Å²) < 4.78 is 38.8. The van der Waals surface area contributed by atoms with Gasteiger partial charge in [0.1, 0.15) is 0 Å². The highest BCUT2D eigenvalue weighted by molar-refractivity contribution is 9.10. The van der Waals surface area contributed by atoms with E-state index >= 15 is 0 Å². The topological polar surface area (TPSA) is 4.93 Å². The van der Waals surface area contributed by atoms with Gasteiger partial charge in [-0.15, -0.1) is 0 Å². The Labute approximate surface area is 99.0 Å². The minimum absolute atomic E-state index is 0.0382. The zero-order valence-corrected chi connectivity index (χ0v) is 9.85. The molecule has 0 spiro atoms. The zero-order valence-electron chi connectivity index (χ0n) is 8.26. The van der Waals surface area contributed by atoms with Gasteiger partial charge in [0.25, 0.3) is 0 Å². The first-order valence-corrected chi connectivity index (χ1v) is 5.56. The molecule has 0 fully saturated rings. The van der Waals surface area contributed by atoms with Crippen molar-refractivity contribution < 1.29 is 13.2 Å². The average molecular weight is 292 g/mol. The smallest absolute Gasteiger partial charge is 0.347 e. The Hall–Kier alpha value is -0.970. The summed E-state index contributed by atoms with van der Waals surface area (Å²) in [5, 5.41) is 0.949. The molecule has 1 nitrogen and oxygen atoms in total. The van der Waals surface area contributed by atoms with Crippen LogP contribution in [0.3, 0.4) is 0 Å². The van der Waals surface area contributed by atoms with Gasteiger partial charge in [0, 0.05) is 22.7 Å². The van der Waals surface area contributed by atoms with E-state index in [-0.39, 0.29) is 6.54 Å². The number of alkyl halides is 3. The molecule has 0 unspecified atom stereocenters. The Balaban J connectivity index is 2.28. The summed E-state index contributed by atoms with van der Waals surface area (Å²) in [5.74, 6) is 0. The highest BCUT2D eigenvalue weighted by Gasteiger charge is 2.26. The maximum Gasteiger partial charge on any atom is 0.390 e. The maximum atomic E-state index is 12.1. The summed E-state index contributed by atoms with van der Waals surface area (Å²) in [6.07, 6.45) is -3.23. The first-order valence-electron chi connectivity index (χ1n) is 4.77. The standard InChI is InChI=1S/C11H9BrF3N/c12-9-2-1-8-3-5-16(10(8)7-9)6-4-11(13,14)15/h1-3,5,7H,4,6H2. The van der Waals surface area contributed by atoms with E-state index < -0.39 is 12.6 Å². The van der Waals surface area contributed by atoms with Crippen molar-refractivity contribution in [3.63, 3.8) is 0 Å². The van der Waals surface area contributed by atoms with Crippen LogP contribution in [0.25, 0.3) is 10.9 Å². The van der Waals surface area contributed by atoms with E-state index in [1.54, 1.807) is 10.8 Å². The van der Waals surface area contributed by atoms with Gasteiger partial charge >= 0.3 is 6.18 Å². The van der Waals surface area contributed by atoms with Crippen molar-refractivity contribution in [2.45, 2.75) is 19.1 Å². The maximum absolute atomic E-state index is 12.1. The first kappa shape index (κ1) is 11.5. The van der Waals surface area contributed by atoms with Crippen LogP contribution in [0.5, 0.6) is 0 Å². The lowest BCUT2D eigenvalue weighted by molar-refractivity contribution is -0.136. The fraction of sp³-hybridized carbons (Fsp3) is 0.273. The molecule has 0 saturated heterocycles. The number of fused-ring (bicyclic) bond motifs is 1. The Morgan fingerprint density at radius 3 is 2.62 bits per heavy atom. The number of hydrogen-bond acceptors (Lipinski definition) is 0. The minimum Gasteiger partial charge on any atom is -0.347 e. The van der Waals surface area contributed by atoms with E-state index in [9.17, 15) is 13.2 Å². The molecule has 2 rings (SSSR count). The van der Waals surface area contributed by atoms with Gasteiger partial charge in [0.2, 0.25) is 0 Å². The zero-order chi connectivity index (χ0) is 11.8. The minimum atomic E-state index is -4.11. The fourth-order valence-electron chi connectivity index (χ4n) is 1.60. The van der Waals surface area contributed by atoms with Crippen LogP contribution in [0.2, 0.25) is 0 Å². The molecule has 0 aliphatic carbocycles. The van der Waals surface area contributed by atoms with Gasteiger partial charge in [-0.05, 0) is 23.6 Å². The van der Waals surface area contributed by atoms with Crippen LogP contribution in [0.15, 0.2) is 34.9 Å². The third-order valence-corrected chi connectivity index (χ3v) is 2.87. The van der Waals surface area contributed by atoms with Crippen LogP contribution in [0.1, 0.15) is 6.42 Å². The fourth-order valence-corrected chi connectivity index (χ4v) is 1.95. The molecule has 0 aliphatic heterocycles. The van der Waals surface area contributed by atoms with Crippen molar-refractivity contribution in [2.75, 3.05) is 0 Å². The predicted octanol–water partition coefficient (Wildman–Crippen LogP) is 4.36. The van der Waals surface area contributed by atoms with Gasteiger partial charge in [-0.1, -0.05) is 22.0 Å². The number of benzene rings is 1. The molecule has 0 N–H and O–H groups in total. The lowest BCUT2D eigenvalue weighted by atomic mass is 10.2. The molecule has 2 aromatic rings. The van der Waals surface area contributed by atoms with Crippen molar-refractivity contribution >= 4 is 26.8 Å². The SMILES string of the molecule is FC(F)(F)CCn1ccc2ccc(Br)cc21. The second-order valence-corrected chi connectivity index (χ2v) is 4.49. The van der Waals surface area contributed by atoms with Crippen LogP contribution in [-0.2, 0) is 6.54 Å². The van der Waals surface area contributed by atoms with Crippen LogP contribution >= 0.6 is 15.9 Å². The molecule has 0 radical (unpaired) electrons. The average Bonchev–Trinajstić information content (AvgIpc) is 2.56. The van der Waals surface area contributed by atoms with E-state index in [1.165, 1.54) is 0 Å². The quantitative estimate of drug-likeness (QED) is 0.775. The third kappa shape index (κ3) is 2.58. The summed E-state index contributed by atoms with van der Waals surface area (Å²) in [6, 6.07) is 7.39. The van der Waals surface area contributed by atoms with Crippen LogP contribution in [0, 0.1) is 0 Å². The van der Waals surface area contributed by atoms with Crippen molar-refractivity contribution in [2.24, 2.45) is 0 Å². The highest BCUT2D eigenvalue weighted by atomic mass is 79.9. The van der Waals surface area contributed by atoms with Gasteiger partial charge in [-0.3, -0.25) is 0 Å². The molecule has 1 heterocycles. The number of nitrogens with zero attached hydrogens (tertiary/aromatic N) is 1. The Morgan fingerprint density at radius 1 is 1.19 bits per heavy atom. The molecule has 0 bridgehead atoms. The van der Waals surface area contributed by atoms with Crippen LogP contribution in [0.4, 0.5) is 13.2 Å². The van der Waals surface area contributed by atoms with Crippen molar-refractivity contribution in [3.05, 3.63) is 34.9 Å². The second kappa shape index (κ2) is 4.13. The Morgan fingerprint density at radius 2 is 1.94 bits per heavy atom. The van der Waals surface area contributed by atoms with Crippen molar-refractivity contribution in [1.29, 1.82) is 0 Å². The van der Waals surface area contributed by atoms with Gasteiger partial charge in [0.05, 0.1) is 6.42 Å². The van der Waals surface area contributed by atoms with Crippen molar-refractivity contribution in [1.82, 2.24) is 4.57 Å². The summed E-state index contributed by atoms with van der Waals surface area (Å²) in [6.45, 7) is -0.0382.